The fourth-order valence-corrected chi connectivity index (χ4v) is 3.10. The highest BCUT2D eigenvalue weighted by atomic mass is 79.9. The van der Waals surface area contributed by atoms with Gasteiger partial charge in [0, 0.05) is 13.0 Å². The summed E-state index contributed by atoms with van der Waals surface area (Å²) in [6.45, 7) is 2.77. The number of halogens is 1. The number of alkyl halides is 1. The quantitative estimate of drug-likeness (QED) is 0.587. The van der Waals surface area contributed by atoms with Gasteiger partial charge in [-0.3, -0.25) is 0 Å². The minimum atomic E-state index is -0.606. The van der Waals surface area contributed by atoms with Crippen LogP contribution in [0.2, 0.25) is 0 Å². The molecule has 1 N–H and O–H groups in total. The van der Waals surface area contributed by atoms with Gasteiger partial charge in [-0.25, -0.2) is 0 Å². The third-order valence-electron chi connectivity index (χ3n) is 3.45. The molecule has 0 aromatic carbocycles. The Morgan fingerprint density at radius 3 is 3.07 bits per heavy atom. The molecular weight excluding hydrogens is 260 g/mol. The fraction of sp³-hybridized carbons (Fsp3) is 0.818. The minimum Gasteiger partial charge on any atom is -0.386 e. The van der Waals surface area contributed by atoms with Gasteiger partial charge in [0.2, 0.25) is 0 Å². The Hall–Kier alpha value is 0.1000. The zero-order valence-electron chi connectivity index (χ0n) is 9.07. The fourth-order valence-electron chi connectivity index (χ4n) is 2.42. The van der Waals surface area contributed by atoms with Gasteiger partial charge >= 0.3 is 0 Å². The summed E-state index contributed by atoms with van der Waals surface area (Å²) in [6.07, 6.45) is 2.90. The molecule has 2 rings (SSSR count). The summed E-state index contributed by atoms with van der Waals surface area (Å²) in [4.78, 5) is 0. The number of methoxy groups -OCH3 is 1. The van der Waals surface area contributed by atoms with E-state index in [1.807, 2.05) is 0 Å². The highest BCUT2D eigenvalue weighted by Gasteiger charge is 2.51. The number of hydrogen-bond acceptors (Lipinski definition) is 3. The van der Waals surface area contributed by atoms with Gasteiger partial charge in [-0.1, -0.05) is 27.6 Å². The number of aliphatic hydroxyl groups excluding tert-OH is 1. The molecule has 0 radical (unpaired) electrons. The van der Waals surface area contributed by atoms with E-state index in [2.05, 4.69) is 28.9 Å². The van der Waals surface area contributed by atoms with Crippen molar-refractivity contribution in [3.05, 3.63) is 11.6 Å². The topological polar surface area (TPSA) is 38.7 Å². The predicted octanol–water partition coefficient (Wildman–Crippen LogP) is 1.84. The molecule has 0 spiro atoms. The first-order chi connectivity index (χ1) is 7.08. The summed E-state index contributed by atoms with van der Waals surface area (Å²) in [5, 5.41) is 10.2. The van der Waals surface area contributed by atoms with Gasteiger partial charge in [0.05, 0.1) is 10.9 Å². The Bertz CT molecular complexity index is 279. The van der Waals surface area contributed by atoms with Crippen molar-refractivity contribution in [1.82, 2.24) is 0 Å². The summed E-state index contributed by atoms with van der Waals surface area (Å²) in [6, 6.07) is 0. The number of aliphatic hydroxyl groups is 1. The highest BCUT2D eigenvalue weighted by Crippen LogP contribution is 2.46. The van der Waals surface area contributed by atoms with Crippen LogP contribution in [-0.4, -0.2) is 35.5 Å². The molecule has 1 fully saturated rings. The molecule has 0 aromatic heterocycles. The number of allylic oxidation sites excluding steroid dienone is 2. The zero-order valence-corrected chi connectivity index (χ0v) is 10.7. The predicted molar refractivity (Wildman–Crippen MR) is 60.9 cm³/mol. The van der Waals surface area contributed by atoms with Crippen molar-refractivity contribution in [1.29, 1.82) is 0 Å². The molecule has 1 aliphatic carbocycles. The van der Waals surface area contributed by atoms with Crippen LogP contribution in [0.1, 0.15) is 19.8 Å². The van der Waals surface area contributed by atoms with E-state index in [-0.39, 0.29) is 4.32 Å². The average Bonchev–Trinajstić information content (AvgIpc) is 2.22. The lowest BCUT2D eigenvalue weighted by Gasteiger charge is -2.48. The number of fused-ring (bicyclic) bond motifs is 1. The van der Waals surface area contributed by atoms with Crippen molar-refractivity contribution in [2.75, 3.05) is 13.7 Å². The maximum atomic E-state index is 10.2. The molecule has 1 heterocycles. The minimum absolute atomic E-state index is 0.272. The van der Waals surface area contributed by atoms with Gasteiger partial charge < -0.3 is 14.6 Å². The Labute approximate surface area is 98.6 Å². The van der Waals surface area contributed by atoms with Crippen LogP contribution in [-0.2, 0) is 9.47 Å². The van der Waals surface area contributed by atoms with Crippen LogP contribution in [0.3, 0.4) is 0 Å². The lowest BCUT2D eigenvalue weighted by Crippen LogP contribution is -2.57. The second-order valence-electron chi connectivity index (χ2n) is 4.46. The van der Waals surface area contributed by atoms with Crippen molar-refractivity contribution in [2.24, 2.45) is 5.92 Å². The molecule has 4 atom stereocenters. The van der Waals surface area contributed by atoms with Crippen LogP contribution in [0.25, 0.3) is 0 Å². The van der Waals surface area contributed by atoms with Crippen LogP contribution in [0.4, 0.5) is 0 Å². The second-order valence-corrected chi connectivity index (χ2v) is 5.94. The van der Waals surface area contributed by atoms with Gasteiger partial charge in [-0.2, -0.15) is 0 Å². The summed E-state index contributed by atoms with van der Waals surface area (Å²) >= 11 is 3.69. The van der Waals surface area contributed by atoms with Gasteiger partial charge in [0.25, 0.3) is 0 Å². The molecule has 0 amide bonds. The summed E-state index contributed by atoms with van der Waals surface area (Å²) in [5.74, 6) is 0.337. The van der Waals surface area contributed by atoms with Crippen LogP contribution in [0.15, 0.2) is 11.6 Å². The lowest BCUT2D eigenvalue weighted by atomic mass is 9.75. The number of rotatable bonds is 1. The summed E-state index contributed by atoms with van der Waals surface area (Å²) in [5.41, 5.74) is 1.38. The van der Waals surface area contributed by atoms with E-state index in [1.54, 1.807) is 7.11 Å². The van der Waals surface area contributed by atoms with E-state index in [0.29, 0.717) is 12.5 Å². The van der Waals surface area contributed by atoms with E-state index in [9.17, 15) is 5.11 Å². The van der Waals surface area contributed by atoms with Crippen molar-refractivity contribution < 1.29 is 14.6 Å². The first kappa shape index (κ1) is 11.6. The van der Waals surface area contributed by atoms with Gasteiger partial charge in [0.1, 0.15) is 6.10 Å². The van der Waals surface area contributed by atoms with Crippen molar-refractivity contribution >= 4 is 15.9 Å². The van der Waals surface area contributed by atoms with Gasteiger partial charge in [0.15, 0.2) is 6.29 Å². The third-order valence-corrected chi connectivity index (χ3v) is 4.89. The molecule has 2 aliphatic rings. The first-order valence-electron chi connectivity index (χ1n) is 5.25. The lowest BCUT2D eigenvalue weighted by molar-refractivity contribution is -0.226. The molecule has 0 saturated carbocycles. The number of ether oxygens (including phenoxy) is 2. The third kappa shape index (κ3) is 1.88. The van der Waals surface area contributed by atoms with Crippen molar-refractivity contribution in [3.8, 4) is 0 Å². The standard InChI is InChI=1S/C11H17BrO3/c1-7-3-4-11(12)8(5-7)6-15-10(14-2)9(11)13/h3,8-10,13H,4-6H2,1-2H3/t8-,9-,10?,11+/m1/s1. The largest absolute Gasteiger partial charge is 0.386 e. The molecular formula is C11H17BrO3. The Kier molecular flexibility index (Phi) is 3.22. The SMILES string of the molecule is COC1OC[C@H]2CC(C)=CC[C@@]2(Br)[C@@H]1O. The maximum absolute atomic E-state index is 10.2. The van der Waals surface area contributed by atoms with Crippen LogP contribution < -0.4 is 0 Å². The second kappa shape index (κ2) is 4.17. The molecule has 15 heavy (non-hydrogen) atoms. The average molecular weight is 277 g/mol. The molecule has 0 bridgehead atoms. The van der Waals surface area contributed by atoms with Crippen LogP contribution in [0.5, 0.6) is 0 Å². The molecule has 4 heteroatoms. The molecule has 86 valence electrons. The maximum Gasteiger partial charge on any atom is 0.184 e. The van der Waals surface area contributed by atoms with Crippen LogP contribution >= 0.6 is 15.9 Å². The van der Waals surface area contributed by atoms with Crippen LogP contribution in [0, 0.1) is 5.92 Å². The Balaban J connectivity index is 2.21. The first-order valence-corrected chi connectivity index (χ1v) is 6.04. The van der Waals surface area contributed by atoms with Gasteiger partial charge in [-0.15, -0.1) is 0 Å². The molecule has 3 nitrogen and oxygen atoms in total. The summed E-state index contributed by atoms with van der Waals surface area (Å²) < 4.78 is 10.3. The van der Waals surface area contributed by atoms with E-state index in [1.165, 1.54) is 5.57 Å². The van der Waals surface area contributed by atoms with Crippen molar-refractivity contribution in [2.45, 2.75) is 36.5 Å². The monoisotopic (exact) mass is 276 g/mol. The smallest absolute Gasteiger partial charge is 0.184 e. The summed E-state index contributed by atoms with van der Waals surface area (Å²) in [7, 11) is 1.56. The molecule has 1 saturated heterocycles. The highest BCUT2D eigenvalue weighted by molar-refractivity contribution is 9.10. The van der Waals surface area contributed by atoms with E-state index in [4.69, 9.17) is 9.47 Å². The van der Waals surface area contributed by atoms with E-state index < -0.39 is 12.4 Å². The molecule has 0 aromatic rings. The van der Waals surface area contributed by atoms with E-state index in [0.717, 1.165) is 12.8 Å². The Morgan fingerprint density at radius 2 is 2.40 bits per heavy atom. The zero-order chi connectivity index (χ0) is 11.1. The molecule has 1 aliphatic heterocycles. The van der Waals surface area contributed by atoms with Gasteiger partial charge in [-0.05, 0) is 19.8 Å². The Morgan fingerprint density at radius 1 is 1.67 bits per heavy atom. The van der Waals surface area contributed by atoms with Crippen molar-refractivity contribution in [3.63, 3.8) is 0 Å². The normalized spacial score (nSPS) is 45.9. The molecule has 1 unspecified atom stereocenters. The van der Waals surface area contributed by atoms with E-state index >= 15 is 0 Å². The number of hydrogen-bond donors (Lipinski definition) is 1.